The summed E-state index contributed by atoms with van der Waals surface area (Å²) < 4.78 is 1.79. The lowest BCUT2D eigenvalue weighted by atomic mass is 10.1. The minimum atomic E-state index is -0.427. The number of hydrogen-bond donors (Lipinski definition) is 1. The van der Waals surface area contributed by atoms with Crippen LogP contribution in [0.2, 0.25) is 0 Å². The highest BCUT2D eigenvalue weighted by Gasteiger charge is 2.36. The molecule has 3 rings (SSSR count). The molecule has 0 spiro atoms. The van der Waals surface area contributed by atoms with E-state index in [-0.39, 0.29) is 30.2 Å². The molecule has 2 aromatic rings. The first-order valence-corrected chi connectivity index (χ1v) is 7.89. The molecule has 1 atom stereocenters. The number of nitrogens with zero attached hydrogens (tertiary/aromatic N) is 5. The van der Waals surface area contributed by atoms with Crippen LogP contribution in [0.1, 0.15) is 32.0 Å². The van der Waals surface area contributed by atoms with E-state index in [4.69, 9.17) is 0 Å². The van der Waals surface area contributed by atoms with Gasteiger partial charge in [0, 0.05) is 37.1 Å². The second kappa shape index (κ2) is 6.38. The van der Waals surface area contributed by atoms with Crippen LogP contribution in [0.3, 0.4) is 0 Å². The molecular formula is C16H20N6O2. The molecule has 0 bridgehead atoms. The molecule has 0 saturated carbocycles. The standard InChI is InChI=1S/C16H20N6O2/c1-10(2)22-9-13(7-18-22)21-8-12(6-14(21)23)15(24)20-16-17-5-4-11(3)19-16/h4-5,7,9-10,12H,6,8H2,1-3H3,(H,17,19,20,24). The number of rotatable bonds is 4. The summed E-state index contributed by atoms with van der Waals surface area (Å²) in [6.07, 6.45) is 5.24. The van der Waals surface area contributed by atoms with Crippen molar-refractivity contribution in [2.24, 2.45) is 5.92 Å². The van der Waals surface area contributed by atoms with Crippen LogP contribution in [0.25, 0.3) is 0 Å². The van der Waals surface area contributed by atoms with Gasteiger partial charge in [-0.1, -0.05) is 0 Å². The van der Waals surface area contributed by atoms with Gasteiger partial charge in [-0.15, -0.1) is 0 Å². The summed E-state index contributed by atoms with van der Waals surface area (Å²) in [5, 5.41) is 6.92. The molecular weight excluding hydrogens is 308 g/mol. The summed E-state index contributed by atoms with van der Waals surface area (Å²) in [7, 11) is 0. The molecule has 1 N–H and O–H groups in total. The number of carbonyl (C=O) groups excluding carboxylic acids is 2. The average Bonchev–Trinajstić information content (AvgIpc) is 3.13. The van der Waals surface area contributed by atoms with Crippen molar-refractivity contribution >= 4 is 23.5 Å². The topological polar surface area (TPSA) is 93.0 Å². The summed E-state index contributed by atoms with van der Waals surface area (Å²) in [5.74, 6) is -0.487. The van der Waals surface area contributed by atoms with Gasteiger partial charge >= 0.3 is 0 Å². The Morgan fingerprint density at radius 3 is 2.88 bits per heavy atom. The molecule has 1 saturated heterocycles. The van der Waals surface area contributed by atoms with E-state index in [0.717, 1.165) is 11.4 Å². The summed E-state index contributed by atoms with van der Waals surface area (Å²) in [6, 6.07) is 1.97. The largest absolute Gasteiger partial charge is 0.309 e. The maximum atomic E-state index is 12.4. The van der Waals surface area contributed by atoms with E-state index in [1.165, 1.54) is 0 Å². The van der Waals surface area contributed by atoms with Gasteiger partial charge in [-0.05, 0) is 26.8 Å². The molecule has 8 nitrogen and oxygen atoms in total. The van der Waals surface area contributed by atoms with Gasteiger partial charge in [0.25, 0.3) is 0 Å². The Morgan fingerprint density at radius 1 is 1.42 bits per heavy atom. The monoisotopic (exact) mass is 328 g/mol. The highest BCUT2D eigenvalue weighted by atomic mass is 16.2. The maximum Gasteiger partial charge on any atom is 0.232 e. The molecule has 0 aromatic carbocycles. The van der Waals surface area contributed by atoms with Crippen LogP contribution in [-0.4, -0.2) is 38.1 Å². The molecule has 2 amide bonds. The van der Waals surface area contributed by atoms with Crippen molar-refractivity contribution in [1.82, 2.24) is 19.7 Å². The predicted octanol–water partition coefficient (Wildman–Crippen LogP) is 1.55. The van der Waals surface area contributed by atoms with E-state index in [1.807, 2.05) is 27.0 Å². The van der Waals surface area contributed by atoms with Crippen molar-refractivity contribution in [3.63, 3.8) is 0 Å². The van der Waals surface area contributed by atoms with E-state index in [0.29, 0.717) is 6.54 Å². The van der Waals surface area contributed by atoms with E-state index >= 15 is 0 Å². The third-order valence-electron chi connectivity index (χ3n) is 3.95. The number of aryl methyl sites for hydroxylation is 1. The van der Waals surface area contributed by atoms with Gasteiger partial charge in [0.15, 0.2) is 0 Å². The van der Waals surface area contributed by atoms with Crippen LogP contribution >= 0.6 is 0 Å². The molecule has 0 radical (unpaired) electrons. The van der Waals surface area contributed by atoms with Crippen molar-refractivity contribution in [2.45, 2.75) is 33.2 Å². The first-order valence-electron chi connectivity index (χ1n) is 7.89. The lowest BCUT2D eigenvalue weighted by Gasteiger charge is -2.14. The molecule has 1 aliphatic heterocycles. The van der Waals surface area contributed by atoms with Gasteiger partial charge in [-0.2, -0.15) is 5.10 Å². The quantitative estimate of drug-likeness (QED) is 0.919. The Balaban J connectivity index is 1.68. The minimum Gasteiger partial charge on any atom is -0.309 e. The molecule has 0 aliphatic carbocycles. The number of aromatic nitrogens is 4. The van der Waals surface area contributed by atoms with Crippen LogP contribution in [0, 0.1) is 12.8 Å². The maximum absolute atomic E-state index is 12.4. The van der Waals surface area contributed by atoms with Crippen molar-refractivity contribution in [3.05, 3.63) is 30.4 Å². The number of hydrogen-bond acceptors (Lipinski definition) is 5. The van der Waals surface area contributed by atoms with Gasteiger partial charge in [-0.25, -0.2) is 9.97 Å². The average molecular weight is 328 g/mol. The summed E-state index contributed by atoms with van der Waals surface area (Å²) >= 11 is 0. The van der Waals surface area contributed by atoms with Crippen LogP contribution in [0.15, 0.2) is 24.7 Å². The summed E-state index contributed by atoms with van der Waals surface area (Å²) in [4.78, 5) is 34.4. The molecule has 3 heterocycles. The Labute approximate surface area is 139 Å². The first kappa shape index (κ1) is 16.1. The molecule has 2 aromatic heterocycles. The van der Waals surface area contributed by atoms with Gasteiger partial charge in [0.05, 0.1) is 17.8 Å². The van der Waals surface area contributed by atoms with E-state index in [1.54, 1.807) is 28.0 Å². The second-order valence-electron chi connectivity index (χ2n) is 6.19. The number of anilines is 2. The second-order valence-corrected chi connectivity index (χ2v) is 6.19. The number of nitrogens with one attached hydrogen (secondary N) is 1. The van der Waals surface area contributed by atoms with Crippen molar-refractivity contribution < 1.29 is 9.59 Å². The Bertz CT molecular complexity index is 769. The van der Waals surface area contributed by atoms with Gasteiger partial charge < -0.3 is 4.90 Å². The Kier molecular flexibility index (Phi) is 4.28. The lowest BCUT2D eigenvalue weighted by Crippen LogP contribution is -2.28. The molecule has 1 unspecified atom stereocenters. The fourth-order valence-corrected chi connectivity index (χ4v) is 2.60. The fraction of sp³-hybridized carbons (Fsp3) is 0.438. The van der Waals surface area contributed by atoms with Crippen LogP contribution in [-0.2, 0) is 9.59 Å². The van der Waals surface area contributed by atoms with Crippen molar-refractivity contribution in [2.75, 3.05) is 16.8 Å². The van der Waals surface area contributed by atoms with Crippen molar-refractivity contribution in [3.8, 4) is 0 Å². The smallest absolute Gasteiger partial charge is 0.232 e. The Morgan fingerprint density at radius 2 is 2.21 bits per heavy atom. The first-order chi connectivity index (χ1) is 11.4. The SMILES string of the molecule is Cc1ccnc(NC(=O)C2CC(=O)N(c3cnn(C(C)C)c3)C2)n1. The Hall–Kier alpha value is -2.77. The highest BCUT2D eigenvalue weighted by molar-refractivity contribution is 6.02. The van der Waals surface area contributed by atoms with Crippen LogP contribution in [0.5, 0.6) is 0 Å². The van der Waals surface area contributed by atoms with E-state index in [2.05, 4.69) is 20.4 Å². The van der Waals surface area contributed by atoms with E-state index < -0.39 is 5.92 Å². The zero-order chi connectivity index (χ0) is 17.3. The highest BCUT2D eigenvalue weighted by Crippen LogP contribution is 2.26. The lowest BCUT2D eigenvalue weighted by molar-refractivity contribution is -0.122. The molecule has 126 valence electrons. The molecule has 8 heteroatoms. The third kappa shape index (κ3) is 3.27. The molecule has 1 aliphatic rings. The zero-order valence-electron chi connectivity index (χ0n) is 13.9. The number of carbonyl (C=O) groups is 2. The van der Waals surface area contributed by atoms with Gasteiger partial charge in [-0.3, -0.25) is 19.6 Å². The van der Waals surface area contributed by atoms with Crippen LogP contribution < -0.4 is 10.2 Å². The summed E-state index contributed by atoms with van der Waals surface area (Å²) in [6.45, 7) is 6.19. The van der Waals surface area contributed by atoms with E-state index in [9.17, 15) is 9.59 Å². The van der Waals surface area contributed by atoms with Gasteiger partial charge in [0.1, 0.15) is 0 Å². The fourth-order valence-electron chi connectivity index (χ4n) is 2.60. The molecule has 1 fully saturated rings. The number of amides is 2. The zero-order valence-corrected chi connectivity index (χ0v) is 13.9. The van der Waals surface area contributed by atoms with Crippen molar-refractivity contribution in [1.29, 1.82) is 0 Å². The molecule has 24 heavy (non-hydrogen) atoms. The van der Waals surface area contributed by atoms with Crippen LogP contribution in [0.4, 0.5) is 11.6 Å². The normalized spacial score (nSPS) is 17.6. The van der Waals surface area contributed by atoms with Gasteiger partial charge in [0.2, 0.25) is 17.8 Å². The summed E-state index contributed by atoms with van der Waals surface area (Å²) in [5.41, 5.74) is 1.49. The third-order valence-corrected chi connectivity index (χ3v) is 3.95. The predicted molar refractivity (Wildman–Crippen MR) is 88.5 cm³/mol. The minimum absolute atomic E-state index is 0.0800.